The highest BCUT2D eigenvalue weighted by Crippen LogP contribution is 2.12. The van der Waals surface area contributed by atoms with Gasteiger partial charge >= 0.3 is 11.9 Å². The van der Waals surface area contributed by atoms with Gasteiger partial charge in [-0.25, -0.2) is 13.2 Å². The number of hydrogen-bond donors (Lipinski definition) is 1. The van der Waals surface area contributed by atoms with E-state index in [2.05, 4.69) is 4.74 Å². The molecule has 1 heterocycles. The summed E-state index contributed by atoms with van der Waals surface area (Å²) in [5.74, 6) is -3.01. The van der Waals surface area contributed by atoms with Gasteiger partial charge in [-0.05, 0) is 12.1 Å². The predicted molar refractivity (Wildman–Crippen MR) is 59.8 cm³/mol. The van der Waals surface area contributed by atoms with Crippen LogP contribution in [0.15, 0.2) is 16.5 Å². The summed E-state index contributed by atoms with van der Waals surface area (Å²) in [5, 5.41) is 8.60. The zero-order valence-electron chi connectivity index (χ0n) is 9.58. The first kappa shape index (κ1) is 14.2. The number of sulfone groups is 1. The summed E-state index contributed by atoms with van der Waals surface area (Å²) in [5.41, 5.74) is 0. The van der Waals surface area contributed by atoms with E-state index in [0.717, 1.165) is 0 Å². The molecule has 1 aromatic rings. The van der Waals surface area contributed by atoms with Gasteiger partial charge in [-0.2, -0.15) is 0 Å². The van der Waals surface area contributed by atoms with Crippen molar-refractivity contribution >= 4 is 21.8 Å². The van der Waals surface area contributed by atoms with E-state index in [0.29, 0.717) is 0 Å². The van der Waals surface area contributed by atoms with Crippen molar-refractivity contribution in [1.29, 1.82) is 0 Å². The molecule has 0 amide bonds. The van der Waals surface area contributed by atoms with Crippen molar-refractivity contribution in [1.82, 2.24) is 0 Å². The largest absolute Gasteiger partial charge is 0.475 e. The molecule has 0 fully saturated rings. The second-order valence-electron chi connectivity index (χ2n) is 3.49. The number of hydrogen-bond acceptors (Lipinski definition) is 6. The molecule has 1 aromatic heterocycles. The number of esters is 1. The van der Waals surface area contributed by atoms with Crippen molar-refractivity contribution in [3.05, 3.63) is 23.7 Å². The lowest BCUT2D eigenvalue weighted by molar-refractivity contribution is -0.140. The number of rotatable bonds is 6. The van der Waals surface area contributed by atoms with Crippen LogP contribution < -0.4 is 0 Å². The van der Waals surface area contributed by atoms with Gasteiger partial charge in [-0.3, -0.25) is 4.79 Å². The van der Waals surface area contributed by atoms with Gasteiger partial charge in [0.1, 0.15) is 11.5 Å². The summed E-state index contributed by atoms with van der Waals surface area (Å²) in [7, 11) is -2.37. The molecule has 0 saturated heterocycles. The fourth-order valence-corrected chi connectivity index (χ4v) is 2.41. The highest BCUT2D eigenvalue weighted by atomic mass is 32.2. The fraction of sp³-hybridized carbons (Fsp3) is 0.400. The molecule has 0 aliphatic rings. The van der Waals surface area contributed by atoms with E-state index in [9.17, 15) is 18.0 Å². The van der Waals surface area contributed by atoms with Crippen molar-refractivity contribution in [3.8, 4) is 0 Å². The van der Waals surface area contributed by atoms with Gasteiger partial charge in [0, 0.05) is 0 Å². The Morgan fingerprint density at radius 1 is 1.39 bits per heavy atom. The van der Waals surface area contributed by atoms with Crippen molar-refractivity contribution in [2.75, 3.05) is 12.9 Å². The van der Waals surface area contributed by atoms with Gasteiger partial charge in [-0.1, -0.05) is 0 Å². The van der Waals surface area contributed by atoms with Crippen LogP contribution in [0.4, 0.5) is 0 Å². The zero-order chi connectivity index (χ0) is 13.8. The first-order valence-electron chi connectivity index (χ1n) is 4.93. The number of methoxy groups -OCH3 is 1. The van der Waals surface area contributed by atoms with Crippen molar-refractivity contribution in [2.24, 2.45) is 0 Å². The molecule has 1 rings (SSSR count). The van der Waals surface area contributed by atoms with Gasteiger partial charge in [0.25, 0.3) is 0 Å². The molecule has 0 unspecified atom stereocenters. The standard InChI is InChI=1S/C10H12O7S/c1-16-9(11)4-5-18(14,15)6-7-2-3-8(17-7)10(12)13/h2-3H,4-6H2,1H3,(H,12,13). The van der Waals surface area contributed by atoms with Gasteiger partial charge in [0.2, 0.25) is 5.76 Å². The maximum Gasteiger partial charge on any atom is 0.371 e. The lowest BCUT2D eigenvalue weighted by atomic mass is 10.4. The molecule has 0 atom stereocenters. The lowest BCUT2D eigenvalue weighted by Crippen LogP contribution is -2.13. The van der Waals surface area contributed by atoms with E-state index >= 15 is 0 Å². The zero-order valence-corrected chi connectivity index (χ0v) is 10.4. The number of ether oxygens (including phenoxy) is 1. The van der Waals surface area contributed by atoms with Crippen LogP contribution in [0.2, 0.25) is 0 Å². The van der Waals surface area contributed by atoms with Crippen molar-refractivity contribution < 1.29 is 32.3 Å². The van der Waals surface area contributed by atoms with E-state index in [1.807, 2.05) is 0 Å². The predicted octanol–water partition coefficient (Wildman–Crippen LogP) is 0.456. The first-order valence-corrected chi connectivity index (χ1v) is 6.75. The van der Waals surface area contributed by atoms with E-state index < -0.39 is 27.5 Å². The van der Waals surface area contributed by atoms with Crippen LogP contribution >= 0.6 is 0 Å². The Morgan fingerprint density at radius 2 is 2.06 bits per heavy atom. The van der Waals surface area contributed by atoms with Crippen LogP contribution in [0.3, 0.4) is 0 Å². The molecule has 0 bridgehead atoms. The van der Waals surface area contributed by atoms with E-state index in [1.54, 1.807) is 0 Å². The molecule has 0 aromatic carbocycles. The molecule has 0 aliphatic carbocycles. The molecule has 0 radical (unpaired) electrons. The molecular formula is C10H12O7S. The monoisotopic (exact) mass is 276 g/mol. The fourth-order valence-electron chi connectivity index (χ4n) is 1.20. The minimum Gasteiger partial charge on any atom is -0.475 e. The Hall–Kier alpha value is -1.83. The van der Waals surface area contributed by atoms with Gasteiger partial charge in [-0.15, -0.1) is 0 Å². The highest BCUT2D eigenvalue weighted by Gasteiger charge is 2.18. The lowest BCUT2D eigenvalue weighted by Gasteiger charge is -2.01. The van der Waals surface area contributed by atoms with Crippen molar-refractivity contribution in [3.63, 3.8) is 0 Å². The second kappa shape index (κ2) is 5.67. The summed E-state index contributed by atoms with van der Waals surface area (Å²) >= 11 is 0. The molecule has 18 heavy (non-hydrogen) atoms. The average Bonchev–Trinajstić information content (AvgIpc) is 2.73. The minimum atomic E-state index is -3.54. The van der Waals surface area contributed by atoms with Crippen LogP contribution in [-0.2, 0) is 25.1 Å². The van der Waals surface area contributed by atoms with Crippen LogP contribution in [-0.4, -0.2) is 38.3 Å². The SMILES string of the molecule is COC(=O)CCS(=O)(=O)Cc1ccc(C(=O)O)o1. The third kappa shape index (κ3) is 4.21. The third-order valence-corrected chi connectivity index (χ3v) is 3.63. The van der Waals surface area contributed by atoms with E-state index in [1.165, 1.54) is 19.2 Å². The molecule has 1 N–H and O–H groups in total. The summed E-state index contributed by atoms with van der Waals surface area (Å²) in [6, 6.07) is 2.45. The molecule has 7 nitrogen and oxygen atoms in total. The Kier molecular flexibility index (Phi) is 4.49. The number of aromatic carboxylic acids is 1. The summed E-state index contributed by atoms with van der Waals surface area (Å²) in [4.78, 5) is 21.3. The summed E-state index contributed by atoms with van der Waals surface area (Å²) < 4.78 is 32.3. The Balaban J connectivity index is 2.64. The number of carboxylic acids is 1. The van der Waals surface area contributed by atoms with Crippen LogP contribution in [0.1, 0.15) is 22.7 Å². The Morgan fingerprint density at radius 3 is 2.56 bits per heavy atom. The van der Waals surface area contributed by atoms with Crippen LogP contribution in [0.5, 0.6) is 0 Å². The van der Waals surface area contributed by atoms with Crippen molar-refractivity contribution in [2.45, 2.75) is 12.2 Å². The summed E-state index contributed by atoms with van der Waals surface area (Å²) in [6.45, 7) is 0. The third-order valence-electron chi connectivity index (χ3n) is 2.08. The number of furan rings is 1. The quantitative estimate of drug-likeness (QED) is 0.751. The molecule has 0 spiro atoms. The van der Waals surface area contributed by atoms with Gasteiger partial charge in [0.05, 0.1) is 19.3 Å². The normalized spacial score (nSPS) is 11.2. The highest BCUT2D eigenvalue weighted by molar-refractivity contribution is 7.90. The topological polar surface area (TPSA) is 111 Å². The maximum absolute atomic E-state index is 11.6. The number of carbonyl (C=O) groups is 2. The van der Waals surface area contributed by atoms with E-state index in [-0.39, 0.29) is 23.7 Å². The molecule has 8 heteroatoms. The molecule has 0 saturated carbocycles. The maximum atomic E-state index is 11.6. The van der Waals surface area contributed by atoms with Crippen LogP contribution in [0.25, 0.3) is 0 Å². The van der Waals surface area contributed by atoms with Gasteiger partial charge < -0.3 is 14.3 Å². The first-order chi connectivity index (χ1) is 8.34. The van der Waals surface area contributed by atoms with Crippen LogP contribution in [0, 0.1) is 0 Å². The Bertz CT molecular complexity index is 540. The minimum absolute atomic E-state index is 0.0252. The van der Waals surface area contributed by atoms with Gasteiger partial charge in [0.15, 0.2) is 9.84 Å². The smallest absolute Gasteiger partial charge is 0.371 e. The number of carbonyl (C=O) groups excluding carboxylic acids is 1. The number of carboxylic acid groups (broad SMARTS) is 1. The molecule has 0 aliphatic heterocycles. The molecular weight excluding hydrogens is 264 g/mol. The second-order valence-corrected chi connectivity index (χ2v) is 5.67. The van der Waals surface area contributed by atoms with E-state index in [4.69, 9.17) is 9.52 Å². The average molecular weight is 276 g/mol. The molecule has 100 valence electrons. The summed E-state index contributed by atoms with van der Waals surface area (Å²) in [6.07, 6.45) is -0.245. The Labute approximate surface area is 103 Å².